The van der Waals surface area contributed by atoms with Gasteiger partial charge in [-0.25, -0.2) is 4.79 Å². The summed E-state index contributed by atoms with van der Waals surface area (Å²) in [5, 5.41) is 0. The van der Waals surface area contributed by atoms with Gasteiger partial charge >= 0.3 is 5.97 Å². The van der Waals surface area contributed by atoms with Crippen LogP contribution in [0.1, 0.15) is 19.4 Å². The van der Waals surface area contributed by atoms with Gasteiger partial charge < -0.3 is 23.7 Å². The molecule has 1 aromatic carbocycles. The first-order valence-corrected chi connectivity index (χ1v) is 7.41. The van der Waals surface area contributed by atoms with Crippen molar-refractivity contribution < 1.29 is 28.5 Å². The van der Waals surface area contributed by atoms with E-state index in [-0.39, 0.29) is 6.61 Å². The predicted octanol–water partition coefficient (Wildman–Crippen LogP) is 1.91. The normalized spacial score (nSPS) is 34.1. The molecule has 3 atom stereocenters. The summed E-state index contributed by atoms with van der Waals surface area (Å²) >= 11 is 0. The van der Waals surface area contributed by atoms with Crippen molar-refractivity contribution in [2.75, 3.05) is 27.9 Å². The van der Waals surface area contributed by atoms with Crippen LogP contribution in [0.15, 0.2) is 30.3 Å². The summed E-state index contributed by atoms with van der Waals surface area (Å²) in [5.41, 5.74) is -0.375. The van der Waals surface area contributed by atoms with E-state index in [2.05, 4.69) is 0 Å². The first-order chi connectivity index (χ1) is 10.8. The van der Waals surface area contributed by atoms with Gasteiger partial charge in [0.15, 0.2) is 5.60 Å². The fourth-order valence-corrected chi connectivity index (χ4v) is 2.72. The molecule has 0 unspecified atom stereocenters. The Kier molecular flexibility index (Phi) is 5.10. The highest BCUT2D eigenvalue weighted by molar-refractivity contribution is 5.80. The molecule has 2 rings (SSSR count). The van der Waals surface area contributed by atoms with Gasteiger partial charge in [0.05, 0.1) is 13.7 Å². The summed E-state index contributed by atoms with van der Waals surface area (Å²) < 4.78 is 27.9. The summed E-state index contributed by atoms with van der Waals surface area (Å²) in [6.07, 6.45) is 0.305. The van der Waals surface area contributed by atoms with Crippen molar-refractivity contribution in [1.82, 2.24) is 0 Å². The van der Waals surface area contributed by atoms with E-state index in [0.717, 1.165) is 5.56 Å². The maximum atomic E-state index is 12.5. The molecule has 0 radical (unpaired) electrons. The molecule has 128 valence electrons. The summed E-state index contributed by atoms with van der Waals surface area (Å²) in [6.45, 7) is 3.39. The van der Waals surface area contributed by atoms with Gasteiger partial charge in [-0.3, -0.25) is 0 Å². The SMILES string of the molecule is COC(=O)[C@]1(Cc2ccccc2)CO[C@@](C)(OC)[C@](C)(OC)O1. The number of hydrogen-bond acceptors (Lipinski definition) is 6. The third kappa shape index (κ3) is 3.12. The standard InChI is InChI=1S/C17H24O6/c1-15(20-4)16(2,21-5)23-17(12-22-15,14(18)19-3)11-13-9-7-6-8-10-13/h6-10H,11-12H2,1-5H3/t15-,16-,17+/m1/s1. The van der Waals surface area contributed by atoms with E-state index in [1.807, 2.05) is 30.3 Å². The van der Waals surface area contributed by atoms with Crippen LogP contribution in [-0.2, 0) is 34.9 Å². The molecule has 6 heteroatoms. The minimum absolute atomic E-state index is 0.00213. The molecule has 0 saturated carbocycles. The average molecular weight is 324 g/mol. The van der Waals surface area contributed by atoms with Gasteiger partial charge in [-0.1, -0.05) is 30.3 Å². The first-order valence-electron chi connectivity index (χ1n) is 7.41. The smallest absolute Gasteiger partial charge is 0.341 e. The van der Waals surface area contributed by atoms with Gasteiger partial charge in [0.1, 0.15) is 0 Å². The Balaban J connectivity index is 2.39. The van der Waals surface area contributed by atoms with Crippen LogP contribution < -0.4 is 0 Å². The second kappa shape index (κ2) is 6.57. The maximum absolute atomic E-state index is 12.5. The van der Waals surface area contributed by atoms with Crippen LogP contribution in [-0.4, -0.2) is 51.1 Å². The molecular weight excluding hydrogens is 300 g/mol. The van der Waals surface area contributed by atoms with Crippen LogP contribution in [0.25, 0.3) is 0 Å². The molecule has 1 heterocycles. The van der Waals surface area contributed by atoms with Crippen molar-refractivity contribution in [3.63, 3.8) is 0 Å². The van der Waals surface area contributed by atoms with E-state index in [1.54, 1.807) is 13.8 Å². The quantitative estimate of drug-likeness (QED) is 0.771. The lowest BCUT2D eigenvalue weighted by atomic mass is 9.91. The fourth-order valence-electron chi connectivity index (χ4n) is 2.72. The zero-order chi connectivity index (χ0) is 17.1. The summed E-state index contributed by atoms with van der Waals surface area (Å²) in [4.78, 5) is 12.5. The molecule has 1 saturated heterocycles. The van der Waals surface area contributed by atoms with Crippen molar-refractivity contribution in [3.8, 4) is 0 Å². The molecule has 0 aromatic heterocycles. The van der Waals surface area contributed by atoms with Gasteiger partial charge in [-0.15, -0.1) is 0 Å². The highest BCUT2D eigenvalue weighted by Gasteiger charge is 2.61. The average Bonchev–Trinajstić information content (AvgIpc) is 2.58. The lowest BCUT2D eigenvalue weighted by Crippen LogP contribution is -2.69. The minimum Gasteiger partial charge on any atom is -0.467 e. The molecular formula is C17H24O6. The van der Waals surface area contributed by atoms with E-state index < -0.39 is 23.1 Å². The Bertz CT molecular complexity index is 547. The van der Waals surface area contributed by atoms with Crippen molar-refractivity contribution in [2.24, 2.45) is 0 Å². The summed E-state index contributed by atoms with van der Waals surface area (Å²) in [5.74, 6) is -2.93. The van der Waals surface area contributed by atoms with Crippen molar-refractivity contribution in [3.05, 3.63) is 35.9 Å². The largest absolute Gasteiger partial charge is 0.467 e. The van der Waals surface area contributed by atoms with Crippen molar-refractivity contribution >= 4 is 5.97 Å². The van der Waals surface area contributed by atoms with E-state index in [4.69, 9.17) is 23.7 Å². The number of methoxy groups -OCH3 is 3. The van der Waals surface area contributed by atoms with Crippen LogP contribution in [0.4, 0.5) is 0 Å². The molecule has 1 fully saturated rings. The first kappa shape index (κ1) is 17.9. The zero-order valence-corrected chi connectivity index (χ0v) is 14.3. The van der Waals surface area contributed by atoms with Gasteiger partial charge in [-0.05, 0) is 19.4 Å². The Labute approximate surface area is 136 Å². The van der Waals surface area contributed by atoms with Crippen LogP contribution in [0.2, 0.25) is 0 Å². The van der Waals surface area contributed by atoms with Crippen molar-refractivity contribution in [1.29, 1.82) is 0 Å². The number of ether oxygens (including phenoxy) is 5. The number of benzene rings is 1. The van der Waals surface area contributed by atoms with Gasteiger partial charge in [0.25, 0.3) is 0 Å². The van der Waals surface area contributed by atoms with E-state index in [0.29, 0.717) is 6.42 Å². The Hall–Kier alpha value is -1.47. The van der Waals surface area contributed by atoms with Gasteiger partial charge in [0.2, 0.25) is 11.6 Å². The van der Waals surface area contributed by atoms with Crippen LogP contribution >= 0.6 is 0 Å². The second-order valence-corrected chi connectivity index (χ2v) is 5.84. The lowest BCUT2D eigenvalue weighted by molar-refractivity contribution is -0.445. The third-order valence-electron chi connectivity index (χ3n) is 4.46. The van der Waals surface area contributed by atoms with E-state index in [1.165, 1.54) is 21.3 Å². The summed E-state index contributed by atoms with van der Waals surface area (Å²) in [6, 6.07) is 9.55. The van der Waals surface area contributed by atoms with Crippen molar-refractivity contribution in [2.45, 2.75) is 37.4 Å². The Morgan fingerprint density at radius 3 is 2.22 bits per heavy atom. The monoisotopic (exact) mass is 324 g/mol. The van der Waals surface area contributed by atoms with Crippen LogP contribution in [0, 0.1) is 0 Å². The number of rotatable bonds is 5. The highest BCUT2D eigenvalue weighted by atomic mass is 16.8. The molecule has 23 heavy (non-hydrogen) atoms. The van der Waals surface area contributed by atoms with Gasteiger partial charge in [-0.2, -0.15) is 0 Å². The Morgan fingerprint density at radius 2 is 1.70 bits per heavy atom. The highest BCUT2D eigenvalue weighted by Crippen LogP contribution is 2.42. The molecule has 0 bridgehead atoms. The zero-order valence-electron chi connectivity index (χ0n) is 14.3. The van der Waals surface area contributed by atoms with E-state index >= 15 is 0 Å². The minimum atomic E-state index is -1.31. The Morgan fingerprint density at radius 1 is 1.09 bits per heavy atom. The number of carbonyl (C=O) groups excluding carboxylic acids is 1. The third-order valence-corrected chi connectivity index (χ3v) is 4.46. The lowest BCUT2D eigenvalue weighted by Gasteiger charge is -2.52. The second-order valence-electron chi connectivity index (χ2n) is 5.84. The van der Waals surface area contributed by atoms with Crippen LogP contribution in [0.5, 0.6) is 0 Å². The molecule has 6 nitrogen and oxygen atoms in total. The molecule has 0 N–H and O–H groups in total. The number of carbonyl (C=O) groups is 1. The van der Waals surface area contributed by atoms with Crippen LogP contribution in [0.3, 0.4) is 0 Å². The maximum Gasteiger partial charge on any atom is 0.341 e. The van der Waals surface area contributed by atoms with Gasteiger partial charge in [0, 0.05) is 20.6 Å². The molecule has 1 aliphatic heterocycles. The molecule has 0 spiro atoms. The molecule has 0 amide bonds. The number of hydrogen-bond donors (Lipinski definition) is 0. The predicted molar refractivity (Wildman–Crippen MR) is 82.8 cm³/mol. The van der Waals surface area contributed by atoms with E-state index in [9.17, 15) is 4.79 Å². The fraction of sp³-hybridized carbons (Fsp3) is 0.588. The topological polar surface area (TPSA) is 63.2 Å². The molecule has 0 aliphatic carbocycles. The summed E-state index contributed by atoms with van der Waals surface area (Å²) in [7, 11) is 4.31. The molecule has 1 aromatic rings. The number of esters is 1. The molecule has 1 aliphatic rings.